The van der Waals surface area contributed by atoms with Crippen molar-refractivity contribution in [2.45, 2.75) is 38.1 Å². The highest BCUT2D eigenvalue weighted by atomic mass is 32.2. The number of aryl methyl sites for hydroxylation is 2. The van der Waals surface area contributed by atoms with Crippen LogP contribution in [0.4, 0.5) is 4.39 Å². The molecular formula is C26H28FN3O4S. The normalized spacial score (nSPS) is 17.1. The Labute approximate surface area is 204 Å². The van der Waals surface area contributed by atoms with Crippen LogP contribution in [-0.2, 0) is 21.4 Å². The number of piperidine rings is 1. The summed E-state index contributed by atoms with van der Waals surface area (Å²) in [6.45, 7) is 4.23. The van der Waals surface area contributed by atoms with Crippen LogP contribution in [0.2, 0.25) is 0 Å². The lowest BCUT2D eigenvalue weighted by Gasteiger charge is -2.31. The highest BCUT2D eigenvalue weighted by Crippen LogP contribution is 2.29. The van der Waals surface area contributed by atoms with Crippen LogP contribution in [0.1, 0.15) is 41.0 Å². The molecule has 0 spiro atoms. The van der Waals surface area contributed by atoms with E-state index in [9.17, 15) is 17.6 Å². The molecule has 0 bridgehead atoms. The van der Waals surface area contributed by atoms with Crippen molar-refractivity contribution in [1.29, 1.82) is 0 Å². The SMILES string of the molecule is Cc1ccc(/C=C/c2onc(C)c2S(=O)(=O)N2CCCC(C(=O)NCc3ccc(F)cc3)C2)cc1. The molecule has 1 aliphatic heterocycles. The van der Waals surface area contributed by atoms with Crippen LogP contribution in [0.5, 0.6) is 0 Å². The van der Waals surface area contributed by atoms with Crippen molar-refractivity contribution in [3.8, 4) is 0 Å². The third kappa shape index (κ3) is 5.86. The molecule has 1 aromatic heterocycles. The number of carbonyl (C=O) groups excluding carboxylic acids is 1. The van der Waals surface area contributed by atoms with Crippen molar-refractivity contribution >= 4 is 28.1 Å². The average molecular weight is 498 g/mol. The van der Waals surface area contributed by atoms with Gasteiger partial charge in [-0.05, 0) is 56.0 Å². The number of sulfonamides is 1. The van der Waals surface area contributed by atoms with Gasteiger partial charge in [0.25, 0.3) is 0 Å². The number of halogens is 1. The fourth-order valence-electron chi connectivity index (χ4n) is 4.09. The van der Waals surface area contributed by atoms with Crippen molar-refractivity contribution < 1.29 is 22.1 Å². The topological polar surface area (TPSA) is 92.5 Å². The number of aromatic nitrogens is 1. The number of amides is 1. The van der Waals surface area contributed by atoms with Crippen molar-refractivity contribution in [2.75, 3.05) is 13.1 Å². The predicted octanol–water partition coefficient (Wildman–Crippen LogP) is 4.32. The second-order valence-electron chi connectivity index (χ2n) is 8.75. The van der Waals surface area contributed by atoms with E-state index < -0.39 is 15.9 Å². The quantitative estimate of drug-likeness (QED) is 0.525. The van der Waals surface area contributed by atoms with Crippen LogP contribution in [0, 0.1) is 25.6 Å². The summed E-state index contributed by atoms with van der Waals surface area (Å²) in [6.07, 6.45) is 4.53. The Hall–Kier alpha value is -3.30. The summed E-state index contributed by atoms with van der Waals surface area (Å²) < 4.78 is 46.9. The zero-order chi connectivity index (χ0) is 25.0. The summed E-state index contributed by atoms with van der Waals surface area (Å²) >= 11 is 0. The predicted molar refractivity (Wildman–Crippen MR) is 131 cm³/mol. The summed E-state index contributed by atoms with van der Waals surface area (Å²) in [5.74, 6) is -0.891. The minimum absolute atomic E-state index is 0.0215. The summed E-state index contributed by atoms with van der Waals surface area (Å²) in [4.78, 5) is 12.8. The highest BCUT2D eigenvalue weighted by Gasteiger charge is 2.36. The summed E-state index contributed by atoms with van der Waals surface area (Å²) in [5, 5.41) is 6.72. The lowest BCUT2D eigenvalue weighted by Crippen LogP contribution is -2.45. The first-order valence-corrected chi connectivity index (χ1v) is 12.9. The van der Waals surface area contributed by atoms with E-state index in [0.717, 1.165) is 16.7 Å². The van der Waals surface area contributed by atoms with Gasteiger partial charge in [-0.1, -0.05) is 53.2 Å². The maximum Gasteiger partial charge on any atom is 0.248 e. The number of carbonyl (C=O) groups is 1. The fraction of sp³-hybridized carbons (Fsp3) is 0.308. The van der Waals surface area contributed by atoms with Gasteiger partial charge in [0, 0.05) is 19.6 Å². The van der Waals surface area contributed by atoms with Gasteiger partial charge in [-0.25, -0.2) is 12.8 Å². The Morgan fingerprint density at radius 1 is 1.14 bits per heavy atom. The van der Waals surface area contributed by atoms with Crippen molar-refractivity contribution in [3.63, 3.8) is 0 Å². The molecular weight excluding hydrogens is 469 g/mol. The Morgan fingerprint density at radius 3 is 2.57 bits per heavy atom. The molecule has 1 N–H and O–H groups in total. The van der Waals surface area contributed by atoms with Crippen molar-refractivity contribution in [2.24, 2.45) is 5.92 Å². The van der Waals surface area contributed by atoms with E-state index in [1.807, 2.05) is 31.2 Å². The van der Waals surface area contributed by atoms with Gasteiger partial charge in [0.05, 0.1) is 5.92 Å². The van der Waals surface area contributed by atoms with Gasteiger partial charge in [0.2, 0.25) is 15.9 Å². The largest absolute Gasteiger partial charge is 0.355 e. The third-order valence-electron chi connectivity index (χ3n) is 6.07. The van der Waals surface area contributed by atoms with E-state index in [0.29, 0.717) is 19.4 Å². The Balaban J connectivity index is 1.47. The molecule has 9 heteroatoms. The minimum atomic E-state index is -3.93. The lowest BCUT2D eigenvalue weighted by atomic mass is 9.99. The molecule has 7 nitrogen and oxygen atoms in total. The van der Waals surface area contributed by atoms with E-state index in [1.54, 1.807) is 31.2 Å². The lowest BCUT2D eigenvalue weighted by molar-refractivity contribution is -0.126. The zero-order valence-corrected chi connectivity index (χ0v) is 20.5. The number of benzene rings is 2. The molecule has 0 aliphatic carbocycles. The number of hydrogen-bond acceptors (Lipinski definition) is 5. The minimum Gasteiger partial charge on any atom is -0.355 e. The van der Waals surface area contributed by atoms with Crippen LogP contribution in [-0.4, -0.2) is 36.9 Å². The molecule has 3 aromatic rings. The molecule has 1 saturated heterocycles. The highest BCUT2D eigenvalue weighted by molar-refractivity contribution is 7.89. The third-order valence-corrected chi connectivity index (χ3v) is 8.09. The van der Waals surface area contributed by atoms with Crippen molar-refractivity contribution in [3.05, 3.63) is 82.5 Å². The maximum absolute atomic E-state index is 13.6. The summed E-state index contributed by atoms with van der Waals surface area (Å²) in [7, 11) is -3.93. The molecule has 1 fully saturated rings. The number of hydrogen-bond donors (Lipinski definition) is 1. The fourth-order valence-corrected chi connectivity index (χ4v) is 5.86. The van der Waals surface area contributed by atoms with E-state index in [1.165, 1.54) is 16.4 Å². The molecule has 2 aromatic carbocycles. The molecule has 4 rings (SSSR count). The molecule has 0 radical (unpaired) electrons. The Kier molecular flexibility index (Phi) is 7.47. The number of nitrogens with zero attached hydrogens (tertiary/aromatic N) is 2. The first-order chi connectivity index (χ1) is 16.7. The van der Waals surface area contributed by atoms with Gasteiger partial charge >= 0.3 is 0 Å². The van der Waals surface area contributed by atoms with Crippen LogP contribution in [0.25, 0.3) is 12.2 Å². The Morgan fingerprint density at radius 2 is 1.86 bits per heavy atom. The van der Waals surface area contributed by atoms with Gasteiger partial charge < -0.3 is 9.84 Å². The van der Waals surface area contributed by atoms with Crippen LogP contribution in [0.15, 0.2) is 57.9 Å². The molecule has 1 atom stereocenters. The molecule has 1 aliphatic rings. The van der Waals surface area contributed by atoms with Crippen molar-refractivity contribution in [1.82, 2.24) is 14.8 Å². The van der Waals surface area contributed by atoms with E-state index in [2.05, 4.69) is 10.5 Å². The number of nitrogens with one attached hydrogen (secondary N) is 1. The second-order valence-corrected chi connectivity index (χ2v) is 10.6. The monoisotopic (exact) mass is 497 g/mol. The smallest absolute Gasteiger partial charge is 0.248 e. The van der Waals surface area contributed by atoms with Gasteiger partial charge in [0.15, 0.2) is 10.7 Å². The van der Waals surface area contributed by atoms with Gasteiger partial charge in [-0.3, -0.25) is 4.79 Å². The second kappa shape index (κ2) is 10.5. The first kappa shape index (κ1) is 24.8. The van der Waals surface area contributed by atoms with Crippen LogP contribution < -0.4 is 5.32 Å². The van der Waals surface area contributed by atoms with Gasteiger partial charge in [-0.2, -0.15) is 4.31 Å². The molecule has 35 heavy (non-hydrogen) atoms. The van der Waals surface area contributed by atoms with Gasteiger partial charge in [0.1, 0.15) is 11.5 Å². The maximum atomic E-state index is 13.6. The summed E-state index contributed by atoms with van der Waals surface area (Å²) in [6, 6.07) is 13.7. The molecule has 0 saturated carbocycles. The molecule has 2 heterocycles. The van der Waals surface area contributed by atoms with E-state index in [-0.39, 0.29) is 41.2 Å². The van der Waals surface area contributed by atoms with E-state index in [4.69, 9.17) is 4.52 Å². The first-order valence-electron chi connectivity index (χ1n) is 11.5. The van der Waals surface area contributed by atoms with Crippen LogP contribution in [0.3, 0.4) is 0 Å². The number of rotatable bonds is 7. The van der Waals surface area contributed by atoms with Crippen LogP contribution >= 0.6 is 0 Å². The molecule has 184 valence electrons. The van der Waals surface area contributed by atoms with Gasteiger partial charge in [-0.15, -0.1) is 0 Å². The average Bonchev–Trinajstić information content (AvgIpc) is 3.24. The standard InChI is InChI=1S/C26H28FN3O4S/c1-18-5-7-20(8-6-18)11-14-24-25(19(2)29-34-24)35(32,33)30-15-3-4-22(17-30)26(31)28-16-21-9-12-23(27)13-10-21/h5-14,22H,3-4,15-17H2,1-2H3,(H,28,31)/b14-11+. The summed E-state index contributed by atoms with van der Waals surface area (Å²) in [5.41, 5.74) is 3.08. The Bertz CT molecular complexity index is 1320. The zero-order valence-electron chi connectivity index (χ0n) is 19.7. The molecule has 1 unspecified atom stereocenters. The van der Waals surface area contributed by atoms with E-state index >= 15 is 0 Å². The molecule has 1 amide bonds.